The van der Waals surface area contributed by atoms with E-state index in [0.717, 1.165) is 36.9 Å². The maximum Gasteiger partial charge on any atom is 0.255 e. The molecule has 5 heteroatoms. The SMILES string of the molecule is O=C(Nc1cc(F)cc(F)c1)c1ccc2c(c1)CNC2. The second kappa shape index (κ2) is 5.02. The van der Waals surface area contributed by atoms with Crippen LogP contribution in [0.3, 0.4) is 0 Å². The molecule has 1 heterocycles. The van der Waals surface area contributed by atoms with Crippen molar-refractivity contribution < 1.29 is 13.6 Å². The summed E-state index contributed by atoms with van der Waals surface area (Å²) in [6.45, 7) is 1.53. The minimum Gasteiger partial charge on any atom is -0.322 e. The van der Waals surface area contributed by atoms with Gasteiger partial charge in [0.25, 0.3) is 5.91 Å². The van der Waals surface area contributed by atoms with Crippen molar-refractivity contribution in [3.05, 3.63) is 64.7 Å². The summed E-state index contributed by atoms with van der Waals surface area (Å²) in [5, 5.41) is 5.68. The molecule has 0 unspecified atom stereocenters. The van der Waals surface area contributed by atoms with Gasteiger partial charge in [-0.05, 0) is 35.4 Å². The van der Waals surface area contributed by atoms with Crippen LogP contribution >= 0.6 is 0 Å². The van der Waals surface area contributed by atoms with E-state index in [0.29, 0.717) is 5.56 Å². The summed E-state index contributed by atoms with van der Waals surface area (Å²) in [6, 6.07) is 8.30. The first-order chi connectivity index (χ1) is 9.61. The first-order valence-electron chi connectivity index (χ1n) is 6.22. The largest absolute Gasteiger partial charge is 0.322 e. The van der Waals surface area contributed by atoms with Crippen molar-refractivity contribution in [1.29, 1.82) is 0 Å². The zero-order chi connectivity index (χ0) is 14.1. The Morgan fingerprint density at radius 1 is 1.00 bits per heavy atom. The van der Waals surface area contributed by atoms with Crippen LogP contribution in [0.4, 0.5) is 14.5 Å². The Bertz CT molecular complexity index is 665. The van der Waals surface area contributed by atoms with E-state index in [4.69, 9.17) is 0 Å². The smallest absolute Gasteiger partial charge is 0.255 e. The lowest BCUT2D eigenvalue weighted by molar-refractivity contribution is 0.102. The van der Waals surface area contributed by atoms with Crippen molar-refractivity contribution in [2.24, 2.45) is 0 Å². The van der Waals surface area contributed by atoms with Gasteiger partial charge in [0.1, 0.15) is 11.6 Å². The summed E-state index contributed by atoms with van der Waals surface area (Å²) < 4.78 is 26.1. The molecular weight excluding hydrogens is 262 g/mol. The Balaban J connectivity index is 1.82. The maximum absolute atomic E-state index is 13.1. The van der Waals surface area contributed by atoms with E-state index in [1.807, 2.05) is 6.07 Å². The Kier molecular flexibility index (Phi) is 3.20. The van der Waals surface area contributed by atoms with Crippen molar-refractivity contribution in [3.8, 4) is 0 Å². The third kappa shape index (κ3) is 2.53. The van der Waals surface area contributed by atoms with Gasteiger partial charge >= 0.3 is 0 Å². The topological polar surface area (TPSA) is 41.1 Å². The van der Waals surface area contributed by atoms with Crippen molar-refractivity contribution in [3.63, 3.8) is 0 Å². The standard InChI is InChI=1S/C15H12F2N2O/c16-12-4-13(17)6-14(5-12)19-15(20)9-1-2-10-7-18-8-11(10)3-9/h1-6,18H,7-8H2,(H,19,20). The molecule has 0 aliphatic carbocycles. The summed E-state index contributed by atoms with van der Waals surface area (Å²) in [5.41, 5.74) is 2.81. The lowest BCUT2D eigenvalue weighted by atomic mass is 10.1. The van der Waals surface area contributed by atoms with E-state index in [9.17, 15) is 13.6 Å². The second-order valence-corrected chi connectivity index (χ2v) is 4.70. The molecule has 2 N–H and O–H groups in total. The molecule has 0 radical (unpaired) electrons. The number of nitrogens with one attached hydrogen (secondary N) is 2. The predicted octanol–water partition coefficient (Wildman–Crippen LogP) is 2.82. The molecule has 1 amide bonds. The van der Waals surface area contributed by atoms with Crippen LogP contribution in [-0.2, 0) is 13.1 Å². The van der Waals surface area contributed by atoms with Gasteiger partial charge in [0, 0.05) is 30.4 Å². The molecule has 0 aromatic heterocycles. The molecule has 0 bridgehead atoms. The number of benzene rings is 2. The molecule has 0 saturated heterocycles. The second-order valence-electron chi connectivity index (χ2n) is 4.70. The van der Waals surface area contributed by atoms with Gasteiger partial charge in [0.15, 0.2) is 0 Å². The van der Waals surface area contributed by atoms with Gasteiger partial charge in [-0.15, -0.1) is 0 Å². The molecule has 20 heavy (non-hydrogen) atoms. The highest BCUT2D eigenvalue weighted by molar-refractivity contribution is 6.04. The van der Waals surface area contributed by atoms with Gasteiger partial charge in [0.2, 0.25) is 0 Å². The van der Waals surface area contributed by atoms with Crippen LogP contribution in [-0.4, -0.2) is 5.91 Å². The maximum atomic E-state index is 13.1. The van der Waals surface area contributed by atoms with Gasteiger partial charge in [0.05, 0.1) is 0 Å². The molecule has 0 spiro atoms. The summed E-state index contributed by atoms with van der Waals surface area (Å²) in [5.74, 6) is -1.83. The number of rotatable bonds is 2. The zero-order valence-electron chi connectivity index (χ0n) is 10.5. The van der Waals surface area contributed by atoms with Gasteiger partial charge < -0.3 is 10.6 Å². The molecule has 0 fully saturated rings. The number of anilines is 1. The Morgan fingerprint density at radius 2 is 1.70 bits per heavy atom. The van der Waals surface area contributed by atoms with Crippen LogP contribution in [0.15, 0.2) is 36.4 Å². The Labute approximate surface area is 114 Å². The van der Waals surface area contributed by atoms with Crippen molar-refractivity contribution in [2.45, 2.75) is 13.1 Å². The van der Waals surface area contributed by atoms with Crippen LogP contribution in [0, 0.1) is 11.6 Å². The monoisotopic (exact) mass is 274 g/mol. The van der Waals surface area contributed by atoms with E-state index >= 15 is 0 Å². The average Bonchev–Trinajstić information content (AvgIpc) is 2.84. The van der Waals surface area contributed by atoms with Crippen LogP contribution < -0.4 is 10.6 Å². The molecule has 1 aliphatic heterocycles. The number of hydrogen-bond acceptors (Lipinski definition) is 2. The van der Waals surface area contributed by atoms with E-state index in [-0.39, 0.29) is 11.6 Å². The molecule has 1 aliphatic rings. The minimum atomic E-state index is -0.724. The average molecular weight is 274 g/mol. The van der Waals surface area contributed by atoms with E-state index in [1.54, 1.807) is 12.1 Å². The number of hydrogen-bond donors (Lipinski definition) is 2. The number of carbonyl (C=O) groups is 1. The van der Waals surface area contributed by atoms with Gasteiger partial charge in [-0.1, -0.05) is 6.07 Å². The van der Waals surface area contributed by atoms with Crippen LogP contribution in [0.1, 0.15) is 21.5 Å². The zero-order valence-corrected chi connectivity index (χ0v) is 10.5. The lowest BCUT2D eigenvalue weighted by Gasteiger charge is -2.07. The molecule has 0 atom stereocenters. The molecule has 3 nitrogen and oxygen atoms in total. The fraction of sp³-hybridized carbons (Fsp3) is 0.133. The summed E-state index contributed by atoms with van der Waals surface area (Å²) >= 11 is 0. The number of fused-ring (bicyclic) bond motifs is 1. The van der Waals surface area contributed by atoms with E-state index < -0.39 is 11.6 Å². The Morgan fingerprint density at radius 3 is 2.45 bits per heavy atom. The minimum absolute atomic E-state index is 0.103. The normalized spacial score (nSPS) is 13.1. The van der Waals surface area contributed by atoms with Gasteiger partial charge in [-0.25, -0.2) is 8.78 Å². The number of carbonyl (C=O) groups excluding carboxylic acids is 1. The van der Waals surface area contributed by atoms with Gasteiger partial charge in [-0.2, -0.15) is 0 Å². The molecule has 2 aromatic carbocycles. The molecule has 3 rings (SSSR count). The van der Waals surface area contributed by atoms with E-state index in [1.165, 1.54) is 5.56 Å². The highest BCUT2D eigenvalue weighted by Gasteiger charge is 2.14. The Hall–Kier alpha value is -2.27. The fourth-order valence-electron chi connectivity index (χ4n) is 2.27. The number of halogens is 2. The third-order valence-corrected chi connectivity index (χ3v) is 3.22. The molecule has 0 saturated carbocycles. The molecule has 2 aromatic rings. The van der Waals surface area contributed by atoms with Crippen LogP contribution in [0.25, 0.3) is 0 Å². The third-order valence-electron chi connectivity index (χ3n) is 3.22. The summed E-state index contributed by atoms with van der Waals surface area (Å²) in [6.07, 6.45) is 0. The van der Waals surface area contributed by atoms with Gasteiger partial charge in [-0.3, -0.25) is 4.79 Å². The summed E-state index contributed by atoms with van der Waals surface area (Å²) in [7, 11) is 0. The molecule has 102 valence electrons. The fourth-order valence-corrected chi connectivity index (χ4v) is 2.27. The molecular formula is C15H12F2N2O. The van der Waals surface area contributed by atoms with Crippen LogP contribution in [0.2, 0.25) is 0 Å². The van der Waals surface area contributed by atoms with Crippen molar-refractivity contribution >= 4 is 11.6 Å². The highest BCUT2D eigenvalue weighted by Crippen LogP contribution is 2.19. The lowest BCUT2D eigenvalue weighted by Crippen LogP contribution is -2.12. The van der Waals surface area contributed by atoms with Crippen LogP contribution in [0.5, 0.6) is 0 Å². The summed E-state index contributed by atoms with van der Waals surface area (Å²) in [4.78, 5) is 12.1. The van der Waals surface area contributed by atoms with Crippen molar-refractivity contribution in [1.82, 2.24) is 5.32 Å². The first kappa shape index (κ1) is 12.7. The first-order valence-corrected chi connectivity index (χ1v) is 6.22. The number of amides is 1. The highest BCUT2D eigenvalue weighted by atomic mass is 19.1. The predicted molar refractivity (Wildman–Crippen MR) is 71.3 cm³/mol. The quantitative estimate of drug-likeness (QED) is 0.884. The van der Waals surface area contributed by atoms with E-state index in [2.05, 4.69) is 10.6 Å². The van der Waals surface area contributed by atoms with Crippen molar-refractivity contribution in [2.75, 3.05) is 5.32 Å².